The molecule has 0 aromatic rings. The van der Waals surface area contributed by atoms with Gasteiger partial charge in [-0.15, -0.1) is 0 Å². The van der Waals surface area contributed by atoms with Crippen LogP contribution in [0, 0.1) is 27.6 Å². The Morgan fingerprint density at radius 1 is 0.800 bits per heavy atom. The van der Waals surface area contributed by atoms with Crippen molar-refractivity contribution >= 4 is 0 Å². The van der Waals surface area contributed by atoms with E-state index in [1.54, 1.807) is 0 Å². The molecule has 1 spiro atoms. The second kappa shape index (κ2) is 4.01. The van der Waals surface area contributed by atoms with E-state index in [2.05, 4.69) is 34.6 Å². The first-order valence-electron chi connectivity index (χ1n) is 8.33. The van der Waals surface area contributed by atoms with E-state index in [4.69, 9.17) is 0 Å². The van der Waals surface area contributed by atoms with Crippen LogP contribution in [0.5, 0.6) is 0 Å². The summed E-state index contributed by atoms with van der Waals surface area (Å²) in [5, 5.41) is 21.2. The predicted molar refractivity (Wildman–Crippen MR) is 81.3 cm³/mol. The van der Waals surface area contributed by atoms with Crippen molar-refractivity contribution in [2.45, 2.75) is 85.4 Å². The quantitative estimate of drug-likeness (QED) is 0.709. The van der Waals surface area contributed by atoms with Gasteiger partial charge in [0.05, 0.1) is 12.2 Å². The van der Waals surface area contributed by atoms with Crippen molar-refractivity contribution in [3.05, 3.63) is 0 Å². The highest BCUT2D eigenvalue weighted by molar-refractivity contribution is 5.14. The van der Waals surface area contributed by atoms with Crippen LogP contribution in [0.1, 0.15) is 73.1 Å². The normalized spacial score (nSPS) is 53.2. The average Bonchev–Trinajstić information content (AvgIpc) is 2.04. The van der Waals surface area contributed by atoms with E-state index in [1.165, 1.54) is 12.8 Å². The standard InChI is InChI=1S/C18H32O2/c1-15(2)6-12(19)7-18(9-15)11-17(5)8-13(20)14(18)16(3,4)10-17/h12-14,19-20H,6-11H2,1-5H3/t12-,13-,14+,17-,18-/m1/s1. The molecule has 2 heteroatoms. The smallest absolute Gasteiger partial charge is 0.0584 e. The largest absolute Gasteiger partial charge is 0.393 e. The molecule has 4 aliphatic carbocycles. The molecule has 0 heterocycles. The van der Waals surface area contributed by atoms with Gasteiger partial charge in [0.2, 0.25) is 0 Å². The van der Waals surface area contributed by atoms with Gasteiger partial charge < -0.3 is 10.2 Å². The Morgan fingerprint density at radius 2 is 1.45 bits per heavy atom. The summed E-state index contributed by atoms with van der Waals surface area (Å²) in [4.78, 5) is 0. The molecule has 0 radical (unpaired) electrons. The molecule has 2 N–H and O–H groups in total. The fourth-order valence-electron chi connectivity index (χ4n) is 7.41. The molecule has 0 saturated heterocycles. The van der Waals surface area contributed by atoms with Crippen molar-refractivity contribution in [2.24, 2.45) is 27.6 Å². The van der Waals surface area contributed by atoms with Gasteiger partial charge in [0.15, 0.2) is 0 Å². The van der Waals surface area contributed by atoms with Crippen molar-refractivity contribution in [1.82, 2.24) is 0 Å². The van der Waals surface area contributed by atoms with Gasteiger partial charge in [0.25, 0.3) is 0 Å². The highest BCUT2D eigenvalue weighted by Crippen LogP contribution is 2.70. The number of rotatable bonds is 0. The first kappa shape index (κ1) is 14.8. The molecular weight excluding hydrogens is 248 g/mol. The molecule has 0 aromatic carbocycles. The van der Waals surface area contributed by atoms with Crippen molar-refractivity contribution < 1.29 is 10.2 Å². The van der Waals surface area contributed by atoms with Crippen LogP contribution in [0.4, 0.5) is 0 Å². The van der Waals surface area contributed by atoms with Gasteiger partial charge in [-0.25, -0.2) is 0 Å². The van der Waals surface area contributed by atoms with Gasteiger partial charge in [0, 0.05) is 0 Å². The highest BCUT2D eigenvalue weighted by Gasteiger charge is 2.64. The average molecular weight is 280 g/mol. The Labute approximate surface area is 124 Å². The lowest BCUT2D eigenvalue weighted by Gasteiger charge is -2.68. The van der Waals surface area contributed by atoms with E-state index in [0.717, 1.165) is 25.7 Å². The first-order chi connectivity index (χ1) is 8.97. The van der Waals surface area contributed by atoms with Gasteiger partial charge in [0.1, 0.15) is 0 Å². The van der Waals surface area contributed by atoms with E-state index >= 15 is 0 Å². The summed E-state index contributed by atoms with van der Waals surface area (Å²) in [5.74, 6) is 0.353. The van der Waals surface area contributed by atoms with Gasteiger partial charge in [-0.1, -0.05) is 34.6 Å². The van der Waals surface area contributed by atoms with Gasteiger partial charge in [-0.2, -0.15) is 0 Å². The van der Waals surface area contributed by atoms with Crippen LogP contribution in [0.15, 0.2) is 0 Å². The van der Waals surface area contributed by atoms with Crippen LogP contribution in [0.3, 0.4) is 0 Å². The van der Waals surface area contributed by atoms with Crippen LogP contribution >= 0.6 is 0 Å². The molecule has 5 atom stereocenters. The van der Waals surface area contributed by atoms with Crippen LogP contribution in [0.25, 0.3) is 0 Å². The maximum atomic E-state index is 10.8. The number of aliphatic hydroxyl groups excluding tert-OH is 2. The number of aliphatic hydroxyl groups is 2. The van der Waals surface area contributed by atoms with E-state index in [-0.39, 0.29) is 33.9 Å². The van der Waals surface area contributed by atoms with Crippen molar-refractivity contribution in [2.75, 3.05) is 0 Å². The fraction of sp³-hybridized carbons (Fsp3) is 1.00. The Kier molecular flexibility index (Phi) is 2.98. The van der Waals surface area contributed by atoms with Crippen molar-refractivity contribution in [3.8, 4) is 0 Å². The summed E-state index contributed by atoms with van der Waals surface area (Å²) < 4.78 is 0. The second-order valence-corrected chi connectivity index (χ2v) is 10.2. The lowest BCUT2D eigenvalue weighted by molar-refractivity contribution is -0.225. The molecule has 4 aliphatic rings. The Bertz CT molecular complexity index is 407. The van der Waals surface area contributed by atoms with Crippen molar-refractivity contribution in [1.29, 1.82) is 0 Å². The third kappa shape index (κ3) is 2.14. The molecule has 116 valence electrons. The maximum Gasteiger partial charge on any atom is 0.0584 e. The van der Waals surface area contributed by atoms with E-state index in [9.17, 15) is 10.2 Å². The summed E-state index contributed by atoms with van der Waals surface area (Å²) in [7, 11) is 0. The SMILES string of the molecule is CC1(C)C[C@@H](O)C[C@@]2(C1)C[C@]1(C)C[C@@H](O)[C@H]2C(C)(C)C1. The second-order valence-electron chi connectivity index (χ2n) is 10.2. The van der Waals surface area contributed by atoms with Crippen LogP contribution < -0.4 is 0 Å². The lowest BCUT2D eigenvalue weighted by atomic mass is 9.38. The topological polar surface area (TPSA) is 40.5 Å². The lowest BCUT2D eigenvalue weighted by Crippen LogP contribution is -2.63. The molecule has 0 unspecified atom stereocenters. The fourth-order valence-corrected chi connectivity index (χ4v) is 7.41. The molecule has 4 fully saturated rings. The molecular formula is C18H32O2. The minimum absolute atomic E-state index is 0.148. The maximum absolute atomic E-state index is 10.8. The summed E-state index contributed by atoms with van der Waals surface area (Å²) in [6, 6.07) is 0. The van der Waals surface area contributed by atoms with Gasteiger partial charge in [-0.3, -0.25) is 0 Å². The van der Waals surface area contributed by atoms with Gasteiger partial charge >= 0.3 is 0 Å². The summed E-state index contributed by atoms with van der Waals surface area (Å²) >= 11 is 0. The Balaban J connectivity index is 2.04. The third-order valence-electron chi connectivity index (χ3n) is 6.51. The minimum Gasteiger partial charge on any atom is -0.393 e. The van der Waals surface area contributed by atoms with Crippen LogP contribution in [0.2, 0.25) is 0 Å². The molecule has 4 saturated carbocycles. The van der Waals surface area contributed by atoms with Crippen LogP contribution in [-0.4, -0.2) is 22.4 Å². The number of fused-ring (bicyclic) bond motifs is 2. The molecule has 2 bridgehead atoms. The van der Waals surface area contributed by atoms with Crippen molar-refractivity contribution in [3.63, 3.8) is 0 Å². The zero-order chi connectivity index (χ0) is 15.0. The number of hydrogen-bond donors (Lipinski definition) is 2. The summed E-state index contributed by atoms with van der Waals surface area (Å²) in [6.07, 6.45) is 5.98. The minimum atomic E-state index is -0.190. The van der Waals surface area contributed by atoms with E-state index < -0.39 is 0 Å². The first-order valence-corrected chi connectivity index (χ1v) is 8.33. The molecule has 2 nitrogen and oxygen atoms in total. The molecule has 0 aromatic heterocycles. The predicted octanol–water partition coefficient (Wildman–Crippen LogP) is 3.75. The van der Waals surface area contributed by atoms with Crippen LogP contribution in [-0.2, 0) is 0 Å². The zero-order valence-electron chi connectivity index (χ0n) is 13.9. The Hall–Kier alpha value is -0.0800. The summed E-state index contributed by atoms with van der Waals surface area (Å²) in [5.41, 5.74) is 0.791. The van der Waals surface area contributed by atoms with E-state index in [0.29, 0.717) is 5.92 Å². The molecule has 0 amide bonds. The zero-order valence-corrected chi connectivity index (χ0v) is 13.9. The van der Waals surface area contributed by atoms with Gasteiger partial charge in [-0.05, 0) is 66.1 Å². The molecule has 4 rings (SSSR count). The van der Waals surface area contributed by atoms with E-state index in [1.807, 2.05) is 0 Å². The molecule has 0 aliphatic heterocycles. The highest BCUT2D eigenvalue weighted by atomic mass is 16.3. The molecule has 20 heavy (non-hydrogen) atoms. The Morgan fingerprint density at radius 3 is 1.95 bits per heavy atom. The number of hydrogen-bond acceptors (Lipinski definition) is 2. The third-order valence-corrected chi connectivity index (χ3v) is 6.51. The monoisotopic (exact) mass is 280 g/mol. The summed E-state index contributed by atoms with van der Waals surface area (Å²) in [6.45, 7) is 11.6.